The van der Waals surface area contributed by atoms with Crippen LogP contribution in [0, 0.1) is 11.8 Å². The Balaban J connectivity index is 1.75. The number of rotatable bonds is 3. The molecular weight excluding hydrogens is 494 g/mol. The molecule has 5 rings (SSSR count). The van der Waals surface area contributed by atoms with Gasteiger partial charge in [-0.15, -0.1) is 0 Å². The van der Waals surface area contributed by atoms with E-state index in [0.29, 0.717) is 11.3 Å². The van der Waals surface area contributed by atoms with Crippen LogP contribution in [-0.2, 0) is 14.4 Å². The molecule has 1 saturated carbocycles. The number of hydrogen-bond acceptors (Lipinski definition) is 10. The number of likely N-dealkylation sites (N-methyl/N-ethyl adjacent to an activating group) is 1. The monoisotopic (exact) mass is 527 g/mol. The summed E-state index contributed by atoms with van der Waals surface area (Å²) in [6, 6.07) is 2.12. The van der Waals surface area contributed by atoms with Crippen LogP contribution in [0.3, 0.4) is 0 Å². The lowest BCUT2D eigenvalue weighted by Gasteiger charge is -2.53. The molecule has 0 aromatic heterocycles. The van der Waals surface area contributed by atoms with E-state index >= 15 is 0 Å². The van der Waals surface area contributed by atoms with Gasteiger partial charge < -0.3 is 36.2 Å². The van der Waals surface area contributed by atoms with Crippen LogP contribution in [0.15, 0.2) is 29.0 Å². The van der Waals surface area contributed by atoms with E-state index in [0.717, 1.165) is 32.4 Å². The molecular formula is C27H33N3O8. The van der Waals surface area contributed by atoms with Crippen LogP contribution < -0.4 is 10.6 Å². The van der Waals surface area contributed by atoms with E-state index in [1.807, 2.05) is 4.90 Å². The van der Waals surface area contributed by atoms with Crippen molar-refractivity contribution in [2.45, 2.75) is 49.9 Å². The second-order valence-corrected chi connectivity index (χ2v) is 11.0. The molecule has 0 bridgehead atoms. The van der Waals surface area contributed by atoms with E-state index in [-0.39, 0.29) is 16.9 Å². The van der Waals surface area contributed by atoms with Crippen molar-refractivity contribution in [3.63, 3.8) is 0 Å². The molecule has 11 heteroatoms. The van der Waals surface area contributed by atoms with Crippen LogP contribution in [-0.4, -0.2) is 92.8 Å². The van der Waals surface area contributed by atoms with Crippen LogP contribution in [0.4, 0.5) is 5.69 Å². The second kappa shape index (κ2) is 8.82. The number of benzene rings is 1. The third-order valence-corrected chi connectivity index (χ3v) is 8.80. The lowest BCUT2D eigenvalue weighted by molar-refractivity contribution is -0.169. The minimum atomic E-state index is -2.91. The molecule has 1 saturated heterocycles. The number of carbonyl (C=O) groups excluding carboxylic acids is 3. The number of nitrogens with two attached hydrogens (primary N) is 1. The highest BCUT2D eigenvalue weighted by molar-refractivity contribution is 6.24. The van der Waals surface area contributed by atoms with Gasteiger partial charge in [-0.3, -0.25) is 19.3 Å². The Morgan fingerprint density at radius 2 is 1.74 bits per heavy atom. The normalized spacial score (nSPS) is 33.3. The highest BCUT2D eigenvalue weighted by atomic mass is 16.4. The first-order valence-corrected chi connectivity index (χ1v) is 12.8. The predicted octanol–water partition coefficient (Wildman–Crippen LogP) is 0.486. The summed E-state index contributed by atoms with van der Waals surface area (Å²) >= 11 is 0. The Hall–Kier alpha value is -3.41. The zero-order valence-corrected chi connectivity index (χ0v) is 21.5. The molecule has 1 amide bonds. The summed E-state index contributed by atoms with van der Waals surface area (Å²) in [5.74, 6) is -8.77. The van der Waals surface area contributed by atoms with E-state index in [1.54, 1.807) is 19.1 Å². The number of primary amides is 1. The highest BCUT2D eigenvalue weighted by Gasteiger charge is 2.68. The van der Waals surface area contributed by atoms with Crippen molar-refractivity contribution >= 4 is 28.9 Å². The summed E-state index contributed by atoms with van der Waals surface area (Å²) < 4.78 is 0. The molecule has 0 unspecified atom stereocenters. The van der Waals surface area contributed by atoms with Crippen molar-refractivity contribution in [1.29, 1.82) is 0 Å². The van der Waals surface area contributed by atoms with E-state index in [9.17, 15) is 39.9 Å². The van der Waals surface area contributed by atoms with Crippen LogP contribution in [0.2, 0.25) is 0 Å². The molecule has 204 valence electrons. The smallest absolute Gasteiger partial charge is 0.255 e. The zero-order chi connectivity index (χ0) is 27.8. The third kappa shape index (κ3) is 3.28. The van der Waals surface area contributed by atoms with Crippen molar-refractivity contribution < 1.29 is 39.9 Å². The first-order valence-electron chi connectivity index (χ1n) is 12.8. The SMILES string of the molecule is C[C@H]1c2ccc(N3CCCCC3)c(O)c2C(O)=C2C(=O)[C@]3(O)C(O)=C(C(N)=O)C(=O)[C@@H](N(C)C)[C@@H]3[C@@H](O)[C@@H]21. The van der Waals surface area contributed by atoms with E-state index in [1.165, 1.54) is 19.0 Å². The number of aliphatic hydroxyl groups is 4. The van der Waals surface area contributed by atoms with Crippen LogP contribution in [0.5, 0.6) is 5.75 Å². The Kier molecular flexibility index (Phi) is 6.08. The fourth-order valence-electron chi connectivity index (χ4n) is 7.00. The fraction of sp³-hybridized carbons (Fsp3) is 0.519. The number of anilines is 1. The second-order valence-electron chi connectivity index (χ2n) is 11.0. The van der Waals surface area contributed by atoms with E-state index in [4.69, 9.17) is 5.73 Å². The minimum absolute atomic E-state index is 0.0177. The third-order valence-electron chi connectivity index (χ3n) is 8.80. The molecule has 7 N–H and O–H groups in total. The number of fused-ring (bicyclic) bond motifs is 3. The molecule has 1 aromatic carbocycles. The zero-order valence-electron chi connectivity index (χ0n) is 21.5. The average Bonchev–Trinajstić information content (AvgIpc) is 2.86. The van der Waals surface area contributed by atoms with E-state index in [2.05, 4.69) is 0 Å². The molecule has 0 radical (unpaired) electrons. The van der Waals surface area contributed by atoms with Gasteiger partial charge in [-0.1, -0.05) is 13.0 Å². The maximum atomic E-state index is 14.0. The Morgan fingerprint density at radius 1 is 1.11 bits per heavy atom. The maximum Gasteiger partial charge on any atom is 0.255 e. The number of hydrogen-bond donors (Lipinski definition) is 6. The summed E-state index contributed by atoms with van der Waals surface area (Å²) in [5, 5.41) is 57.1. The Bertz CT molecular complexity index is 1310. The number of Topliss-reactive ketones (excluding diaryl/α,β-unsaturated/α-hetero) is 2. The summed E-state index contributed by atoms with van der Waals surface area (Å²) in [7, 11) is 2.95. The quantitative estimate of drug-likeness (QED) is 0.302. The maximum absolute atomic E-state index is 14.0. The molecule has 6 atom stereocenters. The topological polar surface area (TPSA) is 185 Å². The highest BCUT2D eigenvalue weighted by Crippen LogP contribution is 2.57. The number of piperidine rings is 1. The molecule has 11 nitrogen and oxygen atoms in total. The van der Waals surface area contributed by atoms with Gasteiger partial charge in [-0.05, 0) is 50.9 Å². The van der Waals surface area contributed by atoms with Gasteiger partial charge in [-0.25, -0.2) is 0 Å². The van der Waals surface area contributed by atoms with Gasteiger partial charge >= 0.3 is 0 Å². The first kappa shape index (κ1) is 26.2. The molecule has 1 aliphatic heterocycles. The van der Waals surface area contributed by atoms with Crippen molar-refractivity contribution in [1.82, 2.24) is 4.90 Å². The van der Waals surface area contributed by atoms with Gasteiger partial charge in [0, 0.05) is 24.6 Å². The van der Waals surface area contributed by atoms with Crippen molar-refractivity contribution in [3.05, 3.63) is 40.2 Å². The lowest BCUT2D eigenvalue weighted by atomic mass is 9.54. The number of phenols is 1. The summed E-state index contributed by atoms with van der Waals surface area (Å²) in [5.41, 5.74) is 2.12. The van der Waals surface area contributed by atoms with Crippen molar-refractivity contribution in [3.8, 4) is 5.75 Å². The van der Waals surface area contributed by atoms with Crippen molar-refractivity contribution in [2.24, 2.45) is 17.6 Å². The summed E-state index contributed by atoms with van der Waals surface area (Å²) in [6.07, 6.45) is 1.36. The number of nitrogens with zero attached hydrogens (tertiary/aromatic N) is 2. The van der Waals surface area contributed by atoms with Gasteiger partial charge in [0.1, 0.15) is 22.8 Å². The molecule has 4 aliphatic rings. The largest absolute Gasteiger partial charge is 0.508 e. The van der Waals surface area contributed by atoms with Crippen LogP contribution in [0.25, 0.3) is 5.76 Å². The molecule has 3 aliphatic carbocycles. The first-order chi connectivity index (χ1) is 17.8. The number of aromatic hydroxyl groups is 1. The number of ketones is 2. The summed E-state index contributed by atoms with van der Waals surface area (Å²) in [4.78, 5) is 42.7. The molecule has 1 heterocycles. The molecule has 38 heavy (non-hydrogen) atoms. The van der Waals surface area contributed by atoms with Gasteiger partial charge in [0.15, 0.2) is 11.4 Å². The van der Waals surface area contributed by atoms with Crippen LogP contribution >= 0.6 is 0 Å². The summed E-state index contributed by atoms with van der Waals surface area (Å²) in [6.45, 7) is 3.15. The number of phenolic OH excluding ortho intramolecular Hbond substituents is 1. The molecule has 2 fully saturated rings. The molecule has 1 aromatic rings. The van der Waals surface area contributed by atoms with Crippen molar-refractivity contribution in [2.75, 3.05) is 32.1 Å². The number of aliphatic hydroxyl groups excluding tert-OH is 3. The Labute approximate surface area is 219 Å². The van der Waals surface area contributed by atoms with Gasteiger partial charge in [0.05, 0.1) is 29.3 Å². The molecule has 0 spiro atoms. The Morgan fingerprint density at radius 3 is 2.32 bits per heavy atom. The number of carbonyl (C=O) groups is 3. The number of amides is 1. The average molecular weight is 528 g/mol. The van der Waals surface area contributed by atoms with Crippen LogP contribution in [0.1, 0.15) is 43.2 Å². The predicted molar refractivity (Wildman–Crippen MR) is 136 cm³/mol. The van der Waals surface area contributed by atoms with Gasteiger partial charge in [0.2, 0.25) is 5.78 Å². The van der Waals surface area contributed by atoms with Gasteiger partial charge in [-0.2, -0.15) is 0 Å². The lowest BCUT2D eigenvalue weighted by Crippen LogP contribution is -2.70. The van der Waals surface area contributed by atoms with E-state index < -0.39 is 70.1 Å². The minimum Gasteiger partial charge on any atom is -0.508 e. The standard InChI is InChI=1S/C27H33N3O8/c1-11-12-7-8-13(30-9-5-4-6-10-30)20(31)15(12)21(32)16-14(11)22(33)18-19(29(2)3)23(34)17(26(28)37)25(36)27(18,38)24(16)35/h7-8,11,14,18-19,22,31-33,36,38H,4-6,9-10H2,1-3H3,(H2,28,37)/t11-,14+,18+,19-,22-,27-/m0/s1. The fourth-order valence-corrected chi connectivity index (χ4v) is 7.00. The van der Waals surface area contributed by atoms with Gasteiger partial charge in [0.25, 0.3) is 5.91 Å².